The van der Waals surface area contributed by atoms with E-state index in [-0.39, 0.29) is 24.1 Å². The summed E-state index contributed by atoms with van der Waals surface area (Å²) >= 11 is 0. The molecule has 174 valence electrons. The van der Waals surface area contributed by atoms with E-state index in [0.717, 1.165) is 32.1 Å². The van der Waals surface area contributed by atoms with Crippen LogP contribution in [0.15, 0.2) is 12.3 Å². The van der Waals surface area contributed by atoms with Crippen LogP contribution < -0.4 is 0 Å². The summed E-state index contributed by atoms with van der Waals surface area (Å²) in [6.45, 7) is 8.13. The maximum atomic E-state index is 11.8. The molecule has 7 nitrogen and oxygen atoms in total. The monoisotopic (exact) mass is 428 g/mol. The zero-order chi connectivity index (χ0) is 23.2. The van der Waals surface area contributed by atoms with E-state index >= 15 is 0 Å². The van der Waals surface area contributed by atoms with Gasteiger partial charge in [-0.2, -0.15) is 0 Å². The highest BCUT2D eigenvalue weighted by Gasteiger charge is 2.39. The van der Waals surface area contributed by atoms with E-state index in [0.29, 0.717) is 19.3 Å². The van der Waals surface area contributed by atoms with Crippen LogP contribution in [0, 0.1) is 17.8 Å². The summed E-state index contributed by atoms with van der Waals surface area (Å²) < 4.78 is 0.0776. The minimum absolute atomic E-state index is 0.0776. The predicted molar refractivity (Wildman–Crippen MR) is 117 cm³/mol. The summed E-state index contributed by atoms with van der Waals surface area (Å²) in [5.74, 6) is -4.76. The lowest BCUT2D eigenvalue weighted by atomic mass is 9.96. The summed E-state index contributed by atoms with van der Waals surface area (Å²) in [7, 11) is 0. The first-order chi connectivity index (χ1) is 14.2. The number of allylic oxidation sites excluding steroid dienone is 1. The van der Waals surface area contributed by atoms with Crippen LogP contribution in [0.25, 0.3) is 0 Å². The van der Waals surface area contributed by atoms with E-state index in [1.165, 1.54) is 0 Å². The molecule has 0 aliphatic carbocycles. The maximum absolute atomic E-state index is 11.8. The molecule has 7 heteroatoms. The molecule has 0 amide bonds. The van der Waals surface area contributed by atoms with Gasteiger partial charge in [-0.1, -0.05) is 47.0 Å². The Labute approximate surface area is 181 Å². The lowest BCUT2D eigenvalue weighted by Gasteiger charge is -2.40. The largest absolute Gasteiger partial charge is 0.481 e. The van der Waals surface area contributed by atoms with Crippen LogP contribution in [0.4, 0.5) is 0 Å². The molecule has 0 bridgehead atoms. The quantitative estimate of drug-likeness (QED) is 0.217. The van der Waals surface area contributed by atoms with Gasteiger partial charge in [-0.15, -0.1) is 0 Å². The number of nitrogens with zero attached hydrogens (tertiary/aromatic N) is 1. The van der Waals surface area contributed by atoms with Gasteiger partial charge in [-0.05, 0) is 38.2 Å². The molecular formula is C23H42NO6+. The molecule has 0 aromatic rings. The molecule has 3 N–H and O–H groups in total. The highest BCUT2D eigenvalue weighted by Crippen LogP contribution is 2.25. The molecule has 0 saturated heterocycles. The number of aliphatic carboxylic acids is 3. The van der Waals surface area contributed by atoms with E-state index in [2.05, 4.69) is 6.92 Å². The summed E-state index contributed by atoms with van der Waals surface area (Å²) in [5, 5.41) is 28.9. The number of hydrogen-bond donors (Lipinski definition) is 3. The summed E-state index contributed by atoms with van der Waals surface area (Å²) in [6, 6.07) is 0. The SMILES string of the molecule is CCCCCC/C=C/[N+](CC(CC)C(=O)O)(CC(CC)C(=O)O)CC(CC)C(=O)O. The van der Waals surface area contributed by atoms with E-state index in [4.69, 9.17) is 0 Å². The Morgan fingerprint density at radius 1 is 0.700 bits per heavy atom. The normalized spacial score (nSPS) is 16.7. The topological polar surface area (TPSA) is 112 Å². The van der Waals surface area contributed by atoms with Crippen molar-refractivity contribution in [3.63, 3.8) is 0 Å². The van der Waals surface area contributed by atoms with Crippen molar-refractivity contribution in [3.05, 3.63) is 12.3 Å². The number of hydrogen-bond acceptors (Lipinski definition) is 3. The second-order valence-electron chi connectivity index (χ2n) is 8.33. The molecule has 0 heterocycles. The highest BCUT2D eigenvalue weighted by atomic mass is 16.4. The number of quaternary nitrogens is 1. The van der Waals surface area contributed by atoms with Crippen molar-refractivity contribution in [1.29, 1.82) is 0 Å². The van der Waals surface area contributed by atoms with Gasteiger partial charge >= 0.3 is 17.9 Å². The minimum atomic E-state index is -0.928. The highest BCUT2D eigenvalue weighted by molar-refractivity contribution is 5.71. The third-order valence-electron chi connectivity index (χ3n) is 5.92. The van der Waals surface area contributed by atoms with E-state index in [1.807, 2.05) is 12.3 Å². The van der Waals surface area contributed by atoms with Crippen molar-refractivity contribution in [3.8, 4) is 0 Å². The fraction of sp³-hybridized carbons (Fsp3) is 0.783. The minimum Gasteiger partial charge on any atom is -0.481 e. The average molecular weight is 429 g/mol. The van der Waals surface area contributed by atoms with Gasteiger partial charge in [0.05, 0.1) is 25.8 Å². The first-order valence-electron chi connectivity index (χ1n) is 11.4. The molecule has 0 spiro atoms. The molecule has 0 aromatic carbocycles. The van der Waals surface area contributed by atoms with Crippen LogP contribution in [-0.2, 0) is 14.4 Å². The van der Waals surface area contributed by atoms with Gasteiger partial charge in [0.1, 0.15) is 17.8 Å². The molecule has 3 atom stereocenters. The van der Waals surface area contributed by atoms with Gasteiger partial charge in [0, 0.05) is 0 Å². The third kappa shape index (κ3) is 10.2. The maximum Gasteiger partial charge on any atom is 0.312 e. The Hall–Kier alpha value is -1.89. The number of carbonyl (C=O) groups is 3. The molecule has 0 aromatic heterocycles. The first kappa shape index (κ1) is 28.1. The van der Waals surface area contributed by atoms with Gasteiger partial charge in [0.15, 0.2) is 0 Å². The zero-order valence-electron chi connectivity index (χ0n) is 19.2. The van der Waals surface area contributed by atoms with Gasteiger partial charge < -0.3 is 15.3 Å². The molecule has 0 rings (SSSR count). The molecule has 30 heavy (non-hydrogen) atoms. The van der Waals surface area contributed by atoms with Crippen molar-refractivity contribution < 1.29 is 34.2 Å². The first-order valence-corrected chi connectivity index (χ1v) is 11.4. The van der Waals surface area contributed by atoms with Crippen LogP contribution >= 0.6 is 0 Å². The van der Waals surface area contributed by atoms with Gasteiger partial charge in [0.2, 0.25) is 0 Å². The van der Waals surface area contributed by atoms with Crippen LogP contribution in [0.2, 0.25) is 0 Å². The number of rotatable bonds is 18. The van der Waals surface area contributed by atoms with Crippen LogP contribution in [0.5, 0.6) is 0 Å². The number of unbranched alkanes of at least 4 members (excludes halogenated alkanes) is 4. The Balaban J connectivity index is 6.00. The summed E-state index contributed by atoms with van der Waals surface area (Å²) in [4.78, 5) is 35.3. The molecular weight excluding hydrogens is 386 g/mol. The lowest BCUT2D eigenvalue weighted by molar-refractivity contribution is -0.887. The van der Waals surface area contributed by atoms with E-state index < -0.39 is 35.7 Å². The standard InChI is InChI=1S/C23H41NO6/c1-5-9-10-11-12-13-14-24(15-18(6-2)21(25)26,16-19(7-3)22(27)28)17-20(8-4)23(29)30/h13-14,18-20H,5-12,15-17H2,1-4H3,(H2-,25,26,27,28,29,30)/p+1/b14-13+. The van der Waals surface area contributed by atoms with Crippen molar-refractivity contribution in [2.24, 2.45) is 17.8 Å². The summed E-state index contributed by atoms with van der Waals surface area (Å²) in [6.07, 6.45) is 10.3. The zero-order valence-corrected chi connectivity index (χ0v) is 19.2. The molecule has 3 unspecified atom stereocenters. The Kier molecular flexibility index (Phi) is 14.0. The Morgan fingerprint density at radius 3 is 1.40 bits per heavy atom. The molecule has 0 aliphatic heterocycles. The smallest absolute Gasteiger partial charge is 0.312 e. The van der Waals surface area contributed by atoms with Gasteiger partial charge in [0.25, 0.3) is 0 Å². The fourth-order valence-corrected chi connectivity index (χ4v) is 3.86. The Bertz CT molecular complexity index is 500. The van der Waals surface area contributed by atoms with Gasteiger partial charge in [-0.3, -0.25) is 18.9 Å². The third-order valence-corrected chi connectivity index (χ3v) is 5.92. The molecule has 0 radical (unpaired) electrons. The second-order valence-corrected chi connectivity index (χ2v) is 8.33. The predicted octanol–water partition coefficient (Wildman–Crippen LogP) is 4.62. The molecule has 0 fully saturated rings. The summed E-state index contributed by atoms with van der Waals surface area (Å²) in [5.41, 5.74) is 0. The lowest BCUT2D eigenvalue weighted by Crippen LogP contribution is -2.54. The van der Waals surface area contributed by atoms with Crippen LogP contribution in [0.1, 0.15) is 79.1 Å². The van der Waals surface area contributed by atoms with Crippen molar-refractivity contribution in [2.75, 3.05) is 19.6 Å². The average Bonchev–Trinajstić information content (AvgIpc) is 2.70. The second kappa shape index (κ2) is 15.0. The van der Waals surface area contributed by atoms with Crippen molar-refractivity contribution >= 4 is 17.9 Å². The number of carboxylic acid groups (broad SMARTS) is 3. The molecule has 0 saturated carbocycles. The van der Waals surface area contributed by atoms with E-state index in [1.54, 1.807) is 20.8 Å². The Morgan fingerprint density at radius 2 is 1.10 bits per heavy atom. The van der Waals surface area contributed by atoms with Crippen molar-refractivity contribution in [2.45, 2.75) is 79.1 Å². The fourth-order valence-electron chi connectivity index (χ4n) is 3.86. The van der Waals surface area contributed by atoms with Gasteiger partial charge in [-0.25, -0.2) is 0 Å². The number of carboxylic acids is 3. The molecule has 0 aliphatic rings. The van der Waals surface area contributed by atoms with Crippen LogP contribution in [0.3, 0.4) is 0 Å². The van der Waals surface area contributed by atoms with Crippen LogP contribution in [-0.4, -0.2) is 57.3 Å². The van der Waals surface area contributed by atoms with E-state index in [9.17, 15) is 29.7 Å². The van der Waals surface area contributed by atoms with Crippen molar-refractivity contribution in [1.82, 2.24) is 0 Å².